The fraction of sp³-hybridized carbons (Fsp3) is 0.350. The van der Waals surface area contributed by atoms with Crippen molar-refractivity contribution in [1.82, 2.24) is 4.90 Å². The maximum atomic E-state index is 9.87. The zero-order valence-corrected chi connectivity index (χ0v) is 13.9. The molecule has 0 unspecified atom stereocenters. The van der Waals surface area contributed by atoms with Gasteiger partial charge in [0.25, 0.3) is 0 Å². The van der Waals surface area contributed by atoms with Crippen molar-refractivity contribution in [2.45, 2.75) is 30.8 Å². The molecule has 1 saturated heterocycles. The van der Waals surface area contributed by atoms with Crippen LogP contribution in [-0.2, 0) is 12.0 Å². The first kappa shape index (κ1) is 16.1. The van der Waals surface area contributed by atoms with Crippen LogP contribution in [0.15, 0.2) is 60.7 Å². The number of rotatable bonds is 4. The number of halogens is 1. The van der Waals surface area contributed by atoms with E-state index in [-0.39, 0.29) is 6.04 Å². The van der Waals surface area contributed by atoms with E-state index in [1.54, 1.807) is 0 Å². The van der Waals surface area contributed by atoms with Gasteiger partial charge in [0.1, 0.15) is 0 Å². The summed E-state index contributed by atoms with van der Waals surface area (Å²) in [6, 6.07) is 23.5. The molecule has 0 spiro atoms. The number of hydrogen-bond acceptors (Lipinski definition) is 2. The van der Waals surface area contributed by atoms with E-state index in [1.165, 1.54) is 5.56 Å². The number of hydrogen-bond donors (Lipinski definition) is 0. The number of nitrogens with zero attached hydrogens (tertiary/aromatic N) is 2. The summed E-state index contributed by atoms with van der Waals surface area (Å²) < 4.78 is 0. The minimum atomic E-state index is -0.409. The topological polar surface area (TPSA) is 27.0 Å². The molecular formula is C20H21ClN2. The smallest absolute Gasteiger partial charge is 0.0849 e. The lowest BCUT2D eigenvalue weighted by Crippen LogP contribution is -2.49. The maximum Gasteiger partial charge on any atom is 0.0849 e. The Bertz CT molecular complexity index is 665. The average Bonchev–Trinajstić information content (AvgIpc) is 2.64. The predicted octanol–water partition coefficient (Wildman–Crippen LogP) is 4.35. The van der Waals surface area contributed by atoms with Gasteiger partial charge in [0, 0.05) is 25.0 Å². The van der Waals surface area contributed by atoms with Crippen LogP contribution in [0, 0.1) is 11.3 Å². The van der Waals surface area contributed by atoms with Crippen LogP contribution in [0.5, 0.6) is 0 Å². The third kappa shape index (κ3) is 3.42. The van der Waals surface area contributed by atoms with E-state index in [9.17, 15) is 5.26 Å². The first-order valence-corrected chi connectivity index (χ1v) is 8.61. The van der Waals surface area contributed by atoms with Crippen molar-refractivity contribution < 1.29 is 0 Å². The second-order valence-electron chi connectivity index (χ2n) is 6.28. The third-order valence-electron chi connectivity index (χ3n) is 4.87. The number of nitriles is 1. The van der Waals surface area contributed by atoms with Gasteiger partial charge in [0.05, 0.1) is 11.5 Å². The van der Waals surface area contributed by atoms with Gasteiger partial charge in [-0.15, -0.1) is 11.6 Å². The molecule has 1 fully saturated rings. The molecule has 118 valence electrons. The summed E-state index contributed by atoms with van der Waals surface area (Å²) in [5, 5.41) is 9.87. The van der Waals surface area contributed by atoms with E-state index in [1.807, 2.05) is 24.3 Å². The summed E-state index contributed by atoms with van der Waals surface area (Å²) in [7, 11) is 0. The van der Waals surface area contributed by atoms with Crippen LogP contribution in [0.25, 0.3) is 0 Å². The van der Waals surface area contributed by atoms with Crippen molar-refractivity contribution in [1.29, 1.82) is 5.26 Å². The summed E-state index contributed by atoms with van der Waals surface area (Å²) in [5.74, 6) is 0.559. The molecule has 0 saturated carbocycles. The predicted molar refractivity (Wildman–Crippen MR) is 94.3 cm³/mol. The van der Waals surface area contributed by atoms with Crippen LogP contribution in [0.4, 0.5) is 0 Å². The first-order valence-electron chi connectivity index (χ1n) is 8.08. The van der Waals surface area contributed by atoms with E-state index < -0.39 is 5.41 Å². The highest BCUT2D eigenvalue weighted by Gasteiger charge is 2.41. The molecule has 1 aliphatic heterocycles. The summed E-state index contributed by atoms with van der Waals surface area (Å²) in [6.07, 6.45) is 1.65. The highest BCUT2D eigenvalue weighted by molar-refractivity contribution is 6.18. The second-order valence-corrected chi connectivity index (χ2v) is 6.59. The molecule has 3 rings (SSSR count). The van der Waals surface area contributed by atoms with E-state index >= 15 is 0 Å². The van der Waals surface area contributed by atoms with Crippen molar-refractivity contribution in [3.8, 4) is 6.07 Å². The van der Waals surface area contributed by atoms with Gasteiger partial charge in [-0.25, -0.2) is 0 Å². The van der Waals surface area contributed by atoms with Crippen LogP contribution in [0.2, 0.25) is 0 Å². The molecule has 2 nitrogen and oxygen atoms in total. The van der Waals surface area contributed by atoms with E-state index in [0.717, 1.165) is 31.5 Å². The van der Waals surface area contributed by atoms with Gasteiger partial charge in [-0.2, -0.15) is 5.26 Å². The van der Waals surface area contributed by atoms with Crippen molar-refractivity contribution in [2.75, 3.05) is 12.4 Å². The Balaban J connectivity index is 1.79. The summed E-state index contributed by atoms with van der Waals surface area (Å²) in [4.78, 5) is 2.42. The summed E-state index contributed by atoms with van der Waals surface area (Å²) in [6.45, 7) is 1.79. The van der Waals surface area contributed by atoms with Crippen LogP contribution in [-0.4, -0.2) is 23.4 Å². The normalized spacial score (nSPS) is 25.0. The molecule has 0 bridgehead atoms. The summed E-state index contributed by atoms with van der Waals surface area (Å²) in [5.41, 5.74) is 2.01. The minimum absolute atomic E-state index is 0.227. The first-order chi connectivity index (χ1) is 11.3. The highest BCUT2D eigenvalue weighted by Crippen LogP contribution is 2.38. The van der Waals surface area contributed by atoms with Crippen molar-refractivity contribution in [2.24, 2.45) is 0 Å². The average molecular weight is 325 g/mol. The minimum Gasteiger partial charge on any atom is -0.295 e. The third-order valence-corrected chi connectivity index (χ3v) is 5.23. The van der Waals surface area contributed by atoms with Crippen LogP contribution < -0.4 is 0 Å². The van der Waals surface area contributed by atoms with Crippen LogP contribution >= 0.6 is 11.6 Å². The lowest BCUT2D eigenvalue weighted by atomic mass is 9.71. The molecule has 0 radical (unpaired) electrons. The van der Waals surface area contributed by atoms with E-state index in [0.29, 0.717) is 5.88 Å². The Labute approximate surface area is 143 Å². The number of piperidine rings is 1. The van der Waals surface area contributed by atoms with Crippen molar-refractivity contribution in [3.05, 3.63) is 71.8 Å². The molecule has 2 atom stereocenters. The van der Waals surface area contributed by atoms with Gasteiger partial charge in [-0.1, -0.05) is 60.7 Å². The molecule has 0 aliphatic carbocycles. The fourth-order valence-electron chi connectivity index (χ4n) is 3.51. The Morgan fingerprint density at radius 1 is 1.09 bits per heavy atom. The SMILES string of the molecule is N#C[C@]1(c2ccccc2)CCN(Cc2ccccc2)[C@@H](CCl)C1. The van der Waals surface area contributed by atoms with Gasteiger partial charge in [0.15, 0.2) is 0 Å². The molecule has 2 aromatic rings. The Hall–Kier alpha value is -1.82. The van der Waals surface area contributed by atoms with Gasteiger partial charge >= 0.3 is 0 Å². The number of alkyl halides is 1. The molecule has 23 heavy (non-hydrogen) atoms. The molecule has 2 aromatic carbocycles. The lowest BCUT2D eigenvalue weighted by Gasteiger charge is -2.43. The molecule has 0 N–H and O–H groups in total. The lowest BCUT2D eigenvalue weighted by molar-refractivity contribution is 0.119. The van der Waals surface area contributed by atoms with Gasteiger partial charge in [-0.3, -0.25) is 4.90 Å². The highest BCUT2D eigenvalue weighted by atomic mass is 35.5. The standard InChI is InChI=1S/C20H21ClN2/c21-14-19-13-20(16-22,18-9-5-2-6-10-18)11-12-23(19)15-17-7-3-1-4-8-17/h1-10,19H,11-15H2/t19-,20+/m1/s1. The molecule has 0 aromatic heterocycles. The Kier molecular flexibility index (Phi) is 5.00. The second kappa shape index (κ2) is 7.17. The Morgan fingerprint density at radius 2 is 1.74 bits per heavy atom. The monoisotopic (exact) mass is 324 g/mol. The Morgan fingerprint density at radius 3 is 2.35 bits per heavy atom. The molecular weight excluding hydrogens is 304 g/mol. The van der Waals surface area contributed by atoms with Crippen molar-refractivity contribution >= 4 is 11.6 Å². The van der Waals surface area contributed by atoms with Crippen LogP contribution in [0.3, 0.4) is 0 Å². The zero-order chi connectivity index (χ0) is 16.1. The molecule has 1 heterocycles. The molecule has 3 heteroatoms. The van der Waals surface area contributed by atoms with E-state index in [4.69, 9.17) is 11.6 Å². The van der Waals surface area contributed by atoms with Gasteiger partial charge in [-0.05, 0) is 24.0 Å². The van der Waals surface area contributed by atoms with Crippen molar-refractivity contribution in [3.63, 3.8) is 0 Å². The maximum absolute atomic E-state index is 9.87. The van der Waals surface area contributed by atoms with E-state index in [2.05, 4.69) is 47.4 Å². The molecule has 0 amide bonds. The quantitative estimate of drug-likeness (QED) is 0.782. The molecule has 1 aliphatic rings. The van der Waals surface area contributed by atoms with Crippen LogP contribution in [0.1, 0.15) is 24.0 Å². The van der Waals surface area contributed by atoms with Gasteiger partial charge < -0.3 is 0 Å². The number of benzene rings is 2. The number of likely N-dealkylation sites (tertiary alicyclic amines) is 1. The zero-order valence-electron chi connectivity index (χ0n) is 13.2. The fourth-order valence-corrected chi connectivity index (χ4v) is 3.82. The summed E-state index contributed by atoms with van der Waals surface area (Å²) >= 11 is 6.26. The van der Waals surface area contributed by atoms with Gasteiger partial charge in [0.2, 0.25) is 0 Å². The largest absolute Gasteiger partial charge is 0.295 e.